The summed E-state index contributed by atoms with van der Waals surface area (Å²) in [6.45, 7) is 11.2. The van der Waals surface area contributed by atoms with Crippen LogP contribution in [0.15, 0.2) is 18.2 Å². The zero-order chi connectivity index (χ0) is 14.9. The largest absolute Gasteiger partial charge is 0.374 e. The summed E-state index contributed by atoms with van der Waals surface area (Å²) in [6, 6.07) is 6.18. The molecule has 1 aromatic rings. The quantitative estimate of drug-likeness (QED) is 0.709. The van der Waals surface area contributed by atoms with Crippen molar-refractivity contribution in [3.63, 3.8) is 0 Å². The van der Waals surface area contributed by atoms with Gasteiger partial charge in [0.2, 0.25) is 0 Å². The van der Waals surface area contributed by atoms with E-state index in [9.17, 15) is 0 Å². The Kier molecular flexibility index (Phi) is 7.13. The molecule has 21 heavy (non-hydrogen) atoms. The zero-order valence-corrected chi connectivity index (χ0v) is 13.5. The van der Waals surface area contributed by atoms with Gasteiger partial charge in [0.15, 0.2) is 0 Å². The molecule has 0 saturated carbocycles. The van der Waals surface area contributed by atoms with Gasteiger partial charge in [-0.05, 0) is 50.5 Å². The lowest BCUT2D eigenvalue weighted by molar-refractivity contribution is 0.0970. The van der Waals surface area contributed by atoms with E-state index in [0.717, 1.165) is 37.6 Å². The van der Waals surface area contributed by atoms with E-state index in [4.69, 9.17) is 4.74 Å². The second-order valence-electron chi connectivity index (χ2n) is 6.25. The molecular weight excluding hydrogens is 262 g/mol. The van der Waals surface area contributed by atoms with Gasteiger partial charge in [0.25, 0.3) is 0 Å². The number of nitrogens with one attached hydrogen (secondary N) is 1. The van der Waals surface area contributed by atoms with E-state index in [2.05, 4.69) is 41.2 Å². The Labute approximate surface area is 128 Å². The molecule has 1 fully saturated rings. The topological polar surface area (TPSA) is 37.4 Å². The third-order valence-corrected chi connectivity index (χ3v) is 3.72. The average molecular weight is 291 g/mol. The summed E-state index contributed by atoms with van der Waals surface area (Å²) in [6.07, 6.45) is 2.68. The van der Waals surface area contributed by atoms with Crippen LogP contribution in [0.3, 0.4) is 0 Å². The second-order valence-corrected chi connectivity index (χ2v) is 6.25. The molecule has 4 nitrogen and oxygen atoms in total. The Morgan fingerprint density at radius 2 is 2.00 bits per heavy atom. The third-order valence-electron chi connectivity index (χ3n) is 3.72. The Balaban J connectivity index is 1.65. The van der Waals surface area contributed by atoms with Crippen LogP contribution in [0.5, 0.6) is 0 Å². The normalized spacial score (nSPS) is 16.0. The molecule has 0 aromatic carbocycles. The summed E-state index contributed by atoms with van der Waals surface area (Å²) in [5, 5.41) is 3.42. The van der Waals surface area contributed by atoms with Crippen molar-refractivity contribution < 1.29 is 4.74 Å². The van der Waals surface area contributed by atoms with Crippen molar-refractivity contribution in [1.29, 1.82) is 0 Å². The molecule has 4 heteroatoms. The zero-order valence-electron chi connectivity index (χ0n) is 13.5. The van der Waals surface area contributed by atoms with E-state index >= 15 is 0 Å². The smallest absolute Gasteiger partial charge is 0.0888 e. The van der Waals surface area contributed by atoms with E-state index in [-0.39, 0.29) is 0 Å². The number of hydrogen-bond acceptors (Lipinski definition) is 4. The van der Waals surface area contributed by atoms with E-state index < -0.39 is 0 Å². The van der Waals surface area contributed by atoms with Crippen LogP contribution >= 0.6 is 0 Å². The van der Waals surface area contributed by atoms with E-state index in [1.807, 2.05) is 6.07 Å². The van der Waals surface area contributed by atoms with E-state index in [0.29, 0.717) is 12.5 Å². The molecule has 0 bridgehead atoms. The van der Waals surface area contributed by atoms with Gasteiger partial charge in [0.1, 0.15) is 0 Å². The molecule has 1 aliphatic heterocycles. The molecular formula is C17H29N3O. The maximum atomic E-state index is 5.75. The Morgan fingerprint density at radius 1 is 1.24 bits per heavy atom. The first-order chi connectivity index (χ1) is 10.2. The summed E-state index contributed by atoms with van der Waals surface area (Å²) in [5.74, 6) is 0.669. The van der Waals surface area contributed by atoms with Gasteiger partial charge >= 0.3 is 0 Å². The lowest BCUT2D eigenvalue weighted by Gasteiger charge is -2.14. The van der Waals surface area contributed by atoms with Crippen molar-refractivity contribution in [3.05, 3.63) is 29.6 Å². The predicted molar refractivity (Wildman–Crippen MR) is 86.1 cm³/mol. The number of nitrogens with zero attached hydrogens (tertiary/aromatic N) is 2. The van der Waals surface area contributed by atoms with Crippen molar-refractivity contribution >= 4 is 0 Å². The maximum Gasteiger partial charge on any atom is 0.0888 e. The standard InChI is InChI=1S/C17H29N3O/c1-15(2)12-18-13-16-6-5-7-17(19-16)14-21-11-10-20-8-3-4-9-20/h5-7,15,18H,3-4,8-14H2,1-2H3. The SMILES string of the molecule is CC(C)CNCc1cccc(COCCN2CCCC2)n1. The number of hydrogen-bond donors (Lipinski definition) is 1. The molecule has 0 radical (unpaired) electrons. The van der Waals surface area contributed by atoms with Gasteiger partial charge in [-0.15, -0.1) is 0 Å². The van der Waals surface area contributed by atoms with Crippen molar-refractivity contribution in [2.45, 2.75) is 39.8 Å². The number of pyridine rings is 1. The van der Waals surface area contributed by atoms with Crippen molar-refractivity contribution in [1.82, 2.24) is 15.2 Å². The highest BCUT2D eigenvalue weighted by Crippen LogP contribution is 2.07. The van der Waals surface area contributed by atoms with Crippen LogP contribution < -0.4 is 5.32 Å². The summed E-state index contributed by atoms with van der Waals surface area (Å²) < 4.78 is 5.75. The van der Waals surface area contributed by atoms with Gasteiger partial charge in [0.05, 0.1) is 24.6 Å². The van der Waals surface area contributed by atoms with Gasteiger partial charge < -0.3 is 15.0 Å². The summed E-state index contributed by atoms with van der Waals surface area (Å²) in [7, 11) is 0. The first kappa shape index (κ1) is 16.4. The van der Waals surface area contributed by atoms with Gasteiger partial charge in [-0.1, -0.05) is 19.9 Å². The molecule has 0 amide bonds. The number of ether oxygens (including phenoxy) is 1. The molecule has 0 spiro atoms. The fourth-order valence-electron chi connectivity index (χ4n) is 2.57. The molecule has 1 N–H and O–H groups in total. The lowest BCUT2D eigenvalue weighted by Crippen LogP contribution is -2.24. The number of rotatable bonds is 9. The van der Waals surface area contributed by atoms with Gasteiger partial charge in [0, 0.05) is 13.1 Å². The summed E-state index contributed by atoms with van der Waals surface area (Å²) >= 11 is 0. The minimum atomic E-state index is 0.617. The van der Waals surface area contributed by atoms with Crippen LogP contribution in [0.4, 0.5) is 0 Å². The second kappa shape index (κ2) is 9.13. The molecule has 0 unspecified atom stereocenters. The fraction of sp³-hybridized carbons (Fsp3) is 0.706. The minimum Gasteiger partial charge on any atom is -0.374 e. The van der Waals surface area contributed by atoms with Gasteiger partial charge in [-0.2, -0.15) is 0 Å². The Hall–Kier alpha value is -0.970. The summed E-state index contributed by atoms with van der Waals surface area (Å²) in [4.78, 5) is 7.11. The predicted octanol–water partition coefficient (Wildman–Crippen LogP) is 2.44. The molecule has 118 valence electrons. The highest BCUT2D eigenvalue weighted by atomic mass is 16.5. The Bertz CT molecular complexity index is 403. The third kappa shape index (κ3) is 6.55. The van der Waals surface area contributed by atoms with Crippen LogP contribution in [-0.4, -0.2) is 42.7 Å². The van der Waals surface area contributed by atoms with Crippen LogP contribution in [0.1, 0.15) is 38.1 Å². The summed E-state index contributed by atoms with van der Waals surface area (Å²) in [5.41, 5.74) is 2.12. The highest BCUT2D eigenvalue weighted by molar-refractivity contribution is 5.10. The highest BCUT2D eigenvalue weighted by Gasteiger charge is 2.10. The monoisotopic (exact) mass is 291 g/mol. The molecule has 2 rings (SSSR count). The molecule has 2 heterocycles. The molecule has 1 aromatic heterocycles. The minimum absolute atomic E-state index is 0.617. The van der Waals surface area contributed by atoms with Crippen molar-refractivity contribution in [3.8, 4) is 0 Å². The van der Waals surface area contributed by atoms with Crippen molar-refractivity contribution in [2.24, 2.45) is 5.92 Å². The van der Waals surface area contributed by atoms with Gasteiger partial charge in [-0.3, -0.25) is 4.98 Å². The van der Waals surface area contributed by atoms with Crippen LogP contribution in [0, 0.1) is 5.92 Å². The molecule has 0 atom stereocenters. The number of likely N-dealkylation sites (tertiary alicyclic amines) is 1. The van der Waals surface area contributed by atoms with E-state index in [1.54, 1.807) is 0 Å². The molecule has 1 aliphatic rings. The number of aromatic nitrogens is 1. The average Bonchev–Trinajstić information content (AvgIpc) is 2.97. The molecule has 0 aliphatic carbocycles. The van der Waals surface area contributed by atoms with Crippen LogP contribution in [0.2, 0.25) is 0 Å². The lowest BCUT2D eigenvalue weighted by atomic mass is 10.2. The fourth-order valence-corrected chi connectivity index (χ4v) is 2.57. The first-order valence-corrected chi connectivity index (χ1v) is 8.19. The van der Waals surface area contributed by atoms with Crippen LogP contribution in [-0.2, 0) is 17.9 Å². The Morgan fingerprint density at radius 3 is 2.76 bits per heavy atom. The maximum absolute atomic E-state index is 5.75. The van der Waals surface area contributed by atoms with Crippen LogP contribution in [0.25, 0.3) is 0 Å². The van der Waals surface area contributed by atoms with Crippen molar-refractivity contribution in [2.75, 3.05) is 32.8 Å². The first-order valence-electron chi connectivity index (χ1n) is 8.19. The molecule has 1 saturated heterocycles. The van der Waals surface area contributed by atoms with E-state index in [1.165, 1.54) is 25.9 Å². The van der Waals surface area contributed by atoms with Gasteiger partial charge in [-0.25, -0.2) is 0 Å².